The molecule has 3 saturated heterocycles. The predicted molar refractivity (Wildman–Crippen MR) is 95.4 cm³/mol. The van der Waals surface area contributed by atoms with Gasteiger partial charge in [-0.25, -0.2) is 0 Å². The molecule has 0 aliphatic carbocycles. The minimum absolute atomic E-state index is 0.0289. The highest BCUT2D eigenvalue weighted by molar-refractivity contribution is 5.98. The highest BCUT2D eigenvalue weighted by atomic mass is 16.5. The van der Waals surface area contributed by atoms with Crippen LogP contribution < -0.4 is 9.47 Å². The first-order valence-electron chi connectivity index (χ1n) is 8.91. The molecule has 1 aromatic rings. The normalized spacial score (nSPS) is 23.4. The maximum atomic E-state index is 13.2. The lowest BCUT2D eigenvalue weighted by Crippen LogP contribution is -2.45. The minimum atomic E-state index is 0.0289. The van der Waals surface area contributed by atoms with Crippen LogP contribution >= 0.6 is 0 Å². The van der Waals surface area contributed by atoms with Crippen LogP contribution in [0.3, 0.4) is 0 Å². The van der Waals surface area contributed by atoms with Crippen molar-refractivity contribution < 1.29 is 19.0 Å². The monoisotopic (exact) mass is 348 g/mol. The molecule has 2 bridgehead atoms. The fraction of sp³-hybridized carbons (Fsp3) is 0.632. The quantitative estimate of drug-likeness (QED) is 0.786. The van der Waals surface area contributed by atoms with Gasteiger partial charge in [-0.15, -0.1) is 0 Å². The molecule has 3 fully saturated rings. The van der Waals surface area contributed by atoms with Gasteiger partial charge < -0.3 is 19.1 Å². The van der Waals surface area contributed by atoms with Gasteiger partial charge in [0.2, 0.25) is 0 Å². The van der Waals surface area contributed by atoms with E-state index < -0.39 is 0 Å². The SMILES string of the molecule is COCCN1C[C@H]2CC[C@@H]1CN(C(=O)c1cccc(OC)c1OC)C2. The van der Waals surface area contributed by atoms with E-state index in [1.54, 1.807) is 21.3 Å². The number of amides is 1. The molecule has 2 atom stereocenters. The first kappa shape index (κ1) is 18.0. The van der Waals surface area contributed by atoms with Crippen molar-refractivity contribution in [1.82, 2.24) is 9.80 Å². The lowest BCUT2D eigenvalue weighted by Gasteiger charge is -2.35. The zero-order chi connectivity index (χ0) is 17.8. The second kappa shape index (κ2) is 8.06. The Balaban J connectivity index is 1.80. The Bertz CT molecular complexity index is 607. The van der Waals surface area contributed by atoms with Crippen LogP contribution in [0.25, 0.3) is 0 Å². The summed E-state index contributed by atoms with van der Waals surface area (Å²) in [5, 5.41) is 0. The molecule has 25 heavy (non-hydrogen) atoms. The zero-order valence-corrected chi connectivity index (χ0v) is 15.4. The van der Waals surface area contributed by atoms with Crippen LogP contribution in [0, 0.1) is 5.92 Å². The van der Waals surface area contributed by atoms with Crippen molar-refractivity contribution >= 4 is 5.91 Å². The van der Waals surface area contributed by atoms with Gasteiger partial charge in [0.05, 0.1) is 26.4 Å². The first-order valence-corrected chi connectivity index (χ1v) is 8.91. The van der Waals surface area contributed by atoms with Crippen molar-refractivity contribution in [1.29, 1.82) is 0 Å². The molecule has 6 heteroatoms. The Morgan fingerprint density at radius 1 is 1.12 bits per heavy atom. The second-order valence-corrected chi connectivity index (χ2v) is 6.84. The van der Waals surface area contributed by atoms with Gasteiger partial charge in [0.15, 0.2) is 11.5 Å². The molecule has 1 aromatic carbocycles. The summed E-state index contributed by atoms with van der Waals surface area (Å²) in [5.74, 6) is 1.66. The summed E-state index contributed by atoms with van der Waals surface area (Å²) in [4.78, 5) is 17.7. The maximum absolute atomic E-state index is 13.2. The number of carbonyl (C=O) groups is 1. The number of carbonyl (C=O) groups excluding carboxylic acids is 1. The highest BCUT2D eigenvalue weighted by Crippen LogP contribution is 2.34. The summed E-state index contributed by atoms with van der Waals surface area (Å²) < 4.78 is 16.0. The van der Waals surface area contributed by atoms with Crippen LogP contribution in [-0.4, -0.2) is 75.9 Å². The summed E-state index contributed by atoms with van der Waals surface area (Å²) in [6.45, 7) is 4.29. The van der Waals surface area contributed by atoms with Gasteiger partial charge >= 0.3 is 0 Å². The van der Waals surface area contributed by atoms with Crippen LogP contribution in [-0.2, 0) is 4.74 Å². The van der Waals surface area contributed by atoms with Crippen LogP contribution in [0.4, 0.5) is 0 Å². The smallest absolute Gasteiger partial charge is 0.257 e. The van der Waals surface area contributed by atoms with E-state index in [1.165, 1.54) is 6.42 Å². The third kappa shape index (κ3) is 3.75. The van der Waals surface area contributed by atoms with Gasteiger partial charge in [-0.3, -0.25) is 9.69 Å². The molecule has 0 radical (unpaired) electrons. The van der Waals surface area contributed by atoms with E-state index in [-0.39, 0.29) is 5.91 Å². The standard InChI is InChI=1S/C19H28N2O4/c1-23-10-9-20-11-14-7-8-15(20)13-21(12-14)19(22)16-5-4-6-17(24-2)18(16)25-3/h4-6,14-15H,7-13H2,1-3H3/t14-,15-/m1/s1. The van der Waals surface area contributed by atoms with Crippen molar-refractivity contribution in [3.05, 3.63) is 23.8 Å². The number of hydrogen-bond donors (Lipinski definition) is 0. The van der Waals surface area contributed by atoms with E-state index in [4.69, 9.17) is 14.2 Å². The summed E-state index contributed by atoms with van der Waals surface area (Å²) >= 11 is 0. The molecular weight excluding hydrogens is 320 g/mol. The van der Waals surface area contributed by atoms with E-state index in [1.807, 2.05) is 23.1 Å². The van der Waals surface area contributed by atoms with Crippen molar-refractivity contribution in [2.45, 2.75) is 18.9 Å². The predicted octanol–water partition coefficient (Wildman–Crippen LogP) is 1.89. The summed E-state index contributed by atoms with van der Waals surface area (Å²) in [6.07, 6.45) is 2.33. The molecule has 3 heterocycles. The Hall–Kier alpha value is -1.79. The highest BCUT2D eigenvalue weighted by Gasteiger charge is 2.37. The number of benzene rings is 1. The molecule has 0 saturated carbocycles. The molecule has 3 aliphatic rings. The number of methoxy groups -OCH3 is 3. The molecule has 0 spiro atoms. The molecule has 0 N–H and O–H groups in total. The third-order valence-electron chi connectivity index (χ3n) is 5.33. The van der Waals surface area contributed by atoms with E-state index in [2.05, 4.69) is 4.90 Å². The summed E-state index contributed by atoms with van der Waals surface area (Å²) in [7, 11) is 4.90. The van der Waals surface area contributed by atoms with Gasteiger partial charge in [-0.1, -0.05) is 6.07 Å². The van der Waals surface area contributed by atoms with Gasteiger partial charge in [0, 0.05) is 39.3 Å². The van der Waals surface area contributed by atoms with E-state index in [0.29, 0.717) is 29.0 Å². The molecule has 6 nitrogen and oxygen atoms in total. The Morgan fingerprint density at radius 3 is 2.68 bits per heavy atom. The molecule has 3 aliphatic heterocycles. The van der Waals surface area contributed by atoms with Gasteiger partial charge in [-0.05, 0) is 30.9 Å². The van der Waals surface area contributed by atoms with E-state index >= 15 is 0 Å². The lowest BCUT2D eigenvalue weighted by molar-refractivity contribution is 0.0714. The maximum Gasteiger partial charge on any atom is 0.257 e. The number of fused-ring (bicyclic) bond motifs is 4. The second-order valence-electron chi connectivity index (χ2n) is 6.84. The van der Waals surface area contributed by atoms with Crippen LogP contribution in [0.5, 0.6) is 11.5 Å². The average molecular weight is 348 g/mol. The first-order chi connectivity index (χ1) is 12.2. The van der Waals surface area contributed by atoms with Crippen molar-refractivity contribution in [3.63, 3.8) is 0 Å². The molecule has 0 unspecified atom stereocenters. The van der Waals surface area contributed by atoms with Crippen molar-refractivity contribution in [3.8, 4) is 11.5 Å². The van der Waals surface area contributed by atoms with E-state index in [0.717, 1.165) is 39.2 Å². The molecule has 1 amide bonds. The van der Waals surface area contributed by atoms with Gasteiger partial charge in [0.25, 0.3) is 5.91 Å². The Kier molecular flexibility index (Phi) is 5.81. The van der Waals surface area contributed by atoms with E-state index in [9.17, 15) is 4.79 Å². The lowest BCUT2D eigenvalue weighted by atomic mass is 9.95. The summed E-state index contributed by atoms with van der Waals surface area (Å²) in [5.41, 5.74) is 0.576. The topological polar surface area (TPSA) is 51.2 Å². The molecule has 4 rings (SSSR count). The Morgan fingerprint density at radius 2 is 1.96 bits per heavy atom. The van der Waals surface area contributed by atoms with Gasteiger partial charge in [0.1, 0.15) is 0 Å². The average Bonchev–Trinajstić information content (AvgIpc) is 2.96. The van der Waals surface area contributed by atoms with Crippen LogP contribution in [0.15, 0.2) is 18.2 Å². The molecule has 138 valence electrons. The fourth-order valence-electron chi connectivity index (χ4n) is 4.05. The zero-order valence-electron chi connectivity index (χ0n) is 15.4. The summed E-state index contributed by atoms with van der Waals surface area (Å²) in [6, 6.07) is 5.88. The number of hydrogen-bond acceptors (Lipinski definition) is 5. The van der Waals surface area contributed by atoms with Crippen LogP contribution in [0.1, 0.15) is 23.2 Å². The number of piperidine rings is 1. The van der Waals surface area contributed by atoms with Crippen molar-refractivity contribution in [2.75, 3.05) is 54.1 Å². The Labute approximate surface area is 149 Å². The van der Waals surface area contributed by atoms with Crippen LogP contribution in [0.2, 0.25) is 0 Å². The molecular formula is C19H28N2O4. The van der Waals surface area contributed by atoms with Gasteiger partial charge in [-0.2, -0.15) is 0 Å². The fourth-order valence-corrected chi connectivity index (χ4v) is 4.05. The number of para-hydroxylation sites is 1. The number of ether oxygens (including phenoxy) is 3. The van der Waals surface area contributed by atoms with Crippen molar-refractivity contribution in [2.24, 2.45) is 5.92 Å². The third-order valence-corrected chi connectivity index (χ3v) is 5.33. The molecule has 0 aromatic heterocycles. The minimum Gasteiger partial charge on any atom is -0.493 e. The number of rotatable bonds is 6. The number of nitrogens with zero attached hydrogens (tertiary/aromatic N) is 2. The largest absolute Gasteiger partial charge is 0.493 e.